The van der Waals surface area contributed by atoms with E-state index in [4.69, 9.17) is 14.2 Å². The van der Waals surface area contributed by atoms with Gasteiger partial charge in [-0.15, -0.1) is 0 Å². The minimum atomic E-state index is -1.85. The quantitative estimate of drug-likeness (QED) is 0.381. The van der Waals surface area contributed by atoms with Crippen molar-refractivity contribution in [3.05, 3.63) is 69.0 Å². The standard InChI is InChI=1S/C17H20N2O8/c1-25-17(10-20,11-21)27-14(19-8-7-13(22)18-16(19)24)9-26-15(23)12-5-3-2-4-6-12/h2-8,14,20-21H,9-11H2,1H3,(H,18,22,24)/t14-/m1/s1. The number of aliphatic hydroxyl groups is 2. The fourth-order valence-corrected chi connectivity index (χ4v) is 2.18. The van der Waals surface area contributed by atoms with Gasteiger partial charge in [-0.25, -0.2) is 9.59 Å². The monoisotopic (exact) mass is 380 g/mol. The topological polar surface area (TPSA) is 140 Å². The van der Waals surface area contributed by atoms with Crippen LogP contribution in [0.3, 0.4) is 0 Å². The number of rotatable bonds is 9. The van der Waals surface area contributed by atoms with Gasteiger partial charge in [-0.1, -0.05) is 18.2 Å². The largest absolute Gasteiger partial charge is 0.457 e. The summed E-state index contributed by atoms with van der Waals surface area (Å²) in [7, 11) is 1.19. The molecule has 1 aromatic heterocycles. The fraction of sp³-hybridized carbons (Fsp3) is 0.353. The van der Waals surface area contributed by atoms with E-state index in [0.29, 0.717) is 0 Å². The summed E-state index contributed by atoms with van der Waals surface area (Å²) in [5, 5.41) is 19.0. The van der Waals surface area contributed by atoms with Gasteiger partial charge < -0.3 is 24.4 Å². The molecule has 0 amide bonds. The van der Waals surface area contributed by atoms with Crippen LogP contribution in [0.25, 0.3) is 0 Å². The van der Waals surface area contributed by atoms with E-state index in [1.807, 2.05) is 4.98 Å². The Labute approximate surface area is 153 Å². The van der Waals surface area contributed by atoms with Crippen LogP contribution in [0.1, 0.15) is 16.6 Å². The van der Waals surface area contributed by atoms with Gasteiger partial charge in [0.15, 0.2) is 6.23 Å². The first-order valence-corrected chi connectivity index (χ1v) is 7.93. The van der Waals surface area contributed by atoms with Crippen LogP contribution in [-0.4, -0.2) is 58.5 Å². The normalized spacial score (nSPS) is 12.6. The number of hydrogen-bond donors (Lipinski definition) is 3. The lowest BCUT2D eigenvalue weighted by Crippen LogP contribution is -2.47. The Hall–Kier alpha value is -2.79. The minimum absolute atomic E-state index is 0.285. The molecule has 27 heavy (non-hydrogen) atoms. The molecule has 0 saturated carbocycles. The summed E-state index contributed by atoms with van der Waals surface area (Å²) in [6.07, 6.45) is -0.154. The highest BCUT2D eigenvalue weighted by Crippen LogP contribution is 2.20. The van der Waals surface area contributed by atoms with Gasteiger partial charge in [-0.2, -0.15) is 0 Å². The van der Waals surface area contributed by atoms with Gasteiger partial charge in [0, 0.05) is 19.4 Å². The average molecular weight is 380 g/mol. The Morgan fingerprint density at radius 1 is 1.19 bits per heavy atom. The molecular weight excluding hydrogens is 360 g/mol. The SMILES string of the molecule is COC(CO)(CO)O[C@H](COC(=O)c1ccccc1)n1ccc(=O)[nH]c1=O. The third-order valence-corrected chi connectivity index (χ3v) is 3.73. The second kappa shape index (κ2) is 9.24. The molecule has 0 saturated heterocycles. The summed E-state index contributed by atoms with van der Waals surface area (Å²) >= 11 is 0. The molecular formula is C17H20N2O8. The Kier molecular flexibility index (Phi) is 7.02. The van der Waals surface area contributed by atoms with Gasteiger partial charge in [0.25, 0.3) is 5.56 Å². The Morgan fingerprint density at radius 3 is 2.41 bits per heavy atom. The van der Waals surface area contributed by atoms with Gasteiger partial charge in [-0.3, -0.25) is 14.3 Å². The zero-order valence-corrected chi connectivity index (χ0v) is 14.5. The molecule has 3 N–H and O–H groups in total. The van der Waals surface area contributed by atoms with Crippen LogP contribution in [0, 0.1) is 0 Å². The van der Waals surface area contributed by atoms with Crippen LogP contribution in [0.2, 0.25) is 0 Å². The number of esters is 1. The van der Waals surface area contributed by atoms with E-state index >= 15 is 0 Å². The first kappa shape index (κ1) is 20.5. The van der Waals surface area contributed by atoms with Crippen molar-refractivity contribution < 1.29 is 29.2 Å². The van der Waals surface area contributed by atoms with E-state index in [1.54, 1.807) is 30.3 Å². The first-order valence-electron chi connectivity index (χ1n) is 7.93. The number of benzene rings is 1. The van der Waals surface area contributed by atoms with Crippen molar-refractivity contribution in [2.75, 3.05) is 26.9 Å². The maximum absolute atomic E-state index is 12.1. The smallest absolute Gasteiger partial charge is 0.338 e. The lowest BCUT2D eigenvalue weighted by atomic mass is 10.2. The number of carbonyl (C=O) groups excluding carboxylic acids is 1. The van der Waals surface area contributed by atoms with Crippen LogP contribution in [-0.2, 0) is 14.2 Å². The zero-order valence-electron chi connectivity index (χ0n) is 14.5. The maximum atomic E-state index is 12.1. The number of nitrogens with zero attached hydrogens (tertiary/aromatic N) is 1. The molecule has 1 heterocycles. The van der Waals surface area contributed by atoms with Gasteiger partial charge in [0.1, 0.15) is 6.61 Å². The second-order valence-corrected chi connectivity index (χ2v) is 5.49. The minimum Gasteiger partial charge on any atom is -0.457 e. The Balaban J connectivity index is 2.27. The number of aliphatic hydroxyl groups excluding tert-OH is 2. The van der Waals surface area contributed by atoms with Gasteiger partial charge in [-0.05, 0) is 12.1 Å². The van der Waals surface area contributed by atoms with E-state index in [9.17, 15) is 24.6 Å². The van der Waals surface area contributed by atoms with Gasteiger partial charge in [0.2, 0.25) is 5.79 Å². The second-order valence-electron chi connectivity index (χ2n) is 5.49. The summed E-state index contributed by atoms with van der Waals surface area (Å²) in [5.74, 6) is -2.52. The molecule has 10 nitrogen and oxygen atoms in total. The number of methoxy groups -OCH3 is 1. The molecule has 0 fully saturated rings. The predicted octanol–water partition coefficient (Wildman–Crippen LogP) is -0.764. The number of ether oxygens (including phenoxy) is 3. The van der Waals surface area contributed by atoms with E-state index in [2.05, 4.69) is 0 Å². The summed E-state index contributed by atoms with van der Waals surface area (Å²) in [6.45, 7) is -1.92. The molecule has 0 radical (unpaired) electrons. The molecule has 0 bridgehead atoms. The van der Waals surface area contributed by atoms with Crippen LogP contribution < -0.4 is 11.2 Å². The summed E-state index contributed by atoms with van der Waals surface area (Å²) in [5.41, 5.74) is -1.17. The van der Waals surface area contributed by atoms with Crippen molar-refractivity contribution in [3.8, 4) is 0 Å². The van der Waals surface area contributed by atoms with Gasteiger partial charge >= 0.3 is 11.7 Å². The average Bonchev–Trinajstić information content (AvgIpc) is 2.69. The Morgan fingerprint density at radius 2 is 1.85 bits per heavy atom. The molecule has 146 valence electrons. The number of H-pyrrole nitrogens is 1. The molecule has 1 aromatic carbocycles. The molecule has 0 aliphatic rings. The van der Waals surface area contributed by atoms with Crippen molar-refractivity contribution in [2.45, 2.75) is 12.0 Å². The number of aromatic amines is 1. The van der Waals surface area contributed by atoms with Crippen LogP contribution in [0.5, 0.6) is 0 Å². The maximum Gasteiger partial charge on any atom is 0.338 e. The molecule has 0 aliphatic heterocycles. The number of nitrogens with one attached hydrogen (secondary N) is 1. The molecule has 0 spiro atoms. The molecule has 2 aromatic rings. The highest BCUT2D eigenvalue weighted by atomic mass is 16.7. The number of hydrogen-bond acceptors (Lipinski definition) is 8. The summed E-state index contributed by atoms with van der Waals surface area (Å²) in [4.78, 5) is 37.5. The van der Waals surface area contributed by atoms with Crippen LogP contribution >= 0.6 is 0 Å². The summed E-state index contributed by atoms with van der Waals surface area (Å²) < 4.78 is 16.6. The van der Waals surface area contributed by atoms with E-state index in [-0.39, 0.29) is 5.56 Å². The van der Waals surface area contributed by atoms with E-state index < -0.39 is 49.1 Å². The molecule has 10 heteroatoms. The number of carbonyl (C=O) groups is 1. The van der Waals surface area contributed by atoms with Crippen molar-refractivity contribution in [3.63, 3.8) is 0 Å². The highest BCUT2D eigenvalue weighted by molar-refractivity contribution is 5.89. The van der Waals surface area contributed by atoms with Crippen molar-refractivity contribution in [1.82, 2.24) is 9.55 Å². The van der Waals surface area contributed by atoms with Crippen LogP contribution in [0.15, 0.2) is 52.2 Å². The van der Waals surface area contributed by atoms with Gasteiger partial charge in [0.05, 0.1) is 18.8 Å². The molecule has 0 unspecified atom stereocenters. The van der Waals surface area contributed by atoms with E-state index in [1.165, 1.54) is 7.11 Å². The molecule has 1 atom stereocenters. The summed E-state index contributed by atoms with van der Waals surface area (Å²) in [6, 6.07) is 9.21. The van der Waals surface area contributed by atoms with E-state index in [0.717, 1.165) is 16.8 Å². The molecule has 2 rings (SSSR count). The Bertz CT molecular complexity index is 849. The highest BCUT2D eigenvalue weighted by Gasteiger charge is 2.34. The van der Waals surface area contributed by atoms with Crippen molar-refractivity contribution >= 4 is 5.97 Å². The third-order valence-electron chi connectivity index (χ3n) is 3.73. The van der Waals surface area contributed by atoms with Crippen molar-refractivity contribution in [2.24, 2.45) is 0 Å². The third kappa shape index (κ3) is 5.11. The predicted molar refractivity (Wildman–Crippen MR) is 92.1 cm³/mol. The fourth-order valence-electron chi connectivity index (χ4n) is 2.18. The lowest BCUT2D eigenvalue weighted by Gasteiger charge is -2.33. The first-order chi connectivity index (χ1) is 12.9. The van der Waals surface area contributed by atoms with Crippen molar-refractivity contribution in [1.29, 1.82) is 0 Å². The zero-order chi connectivity index (χ0) is 19.9. The lowest BCUT2D eigenvalue weighted by molar-refractivity contribution is -0.296. The number of aromatic nitrogens is 2. The molecule has 0 aliphatic carbocycles. The van der Waals surface area contributed by atoms with Crippen LogP contribution in [0.4, 0.5) is 0 Å².